The van der Waals surface area contributed by atoms with Crippen LogP contribution in [0.25, 0.3) is 0 Å². The molecule has 4 rings (SSSR count). The fraction of sp³-hybridized carbons (Fsp3) is 0.478. The molecule has 0 saturated carbocycles. The van der Waals surface area contributed by atoms with Crippen LogP contribution in [0, 0.1) is 0 Å². The molecule has 30 heavy (non-hydrogen) atoms. The maximum atomic E-state index is 13.3. The normalized spacial score (nSPS) is 19.5. The molecule has 1 fully saturated rings. The summed E-state index contributed by atoms with van der Waals surface area (Å²) >= 11 is 1.53. The van der Waals surface area contributed by atoms with Gasteiger partial charge in [-0.15, -0.1) is 0 Å². The van der Waals surface area contributed by atoms with Crippen molar-refractivity contribution in [2.75, 3.05) is 31.1 Å². The summed E-state index contributed by atoms with van der Waals surface area (Å²) in [6, 6.07) is 12.0. The van der Waals surface area contributed by atoms with Crippen LogP contribution >= 0.6 is 11.8 Å². The highest BCUT2D eigenvalue weighted by Gasteiger charge is 2.33. The number of ether oxygens (including phenoxy) is 1. The van der Waals surface area contributed by atoms with Gasteiger partial charge in [-0.3, -0.25) is 4.90 Å². The minimum absolute atomic E-state index is 0.164. The molecule has 2 aliphatic rings. The number of alkyl halides is 3. The quantitative estimate of drug-likeness (QED) is 0.510. The molecule has 2 aromatic rings. The molecule has 0 N–H and O–H groups in total. The third-order valence-corrected chi connectivity index (χ3v) is 6.82. The lowest BCUT2D eigenvalue weighted by Gasteiger charge is -2.37. The second-order valence-corrected chi connectivity index (χ2v) is 8.78. The molecular weight excluding hydrogens is 409 g/mol. The monoisotopic (exact) mass is 436 g/mol. The lowest BCUT2D eigenvalue weighted by molar-refractivity contribution is -0.137. The molecule has 0 spiro atoms. The van der Waals surface area contributed by atoms with E-state index < -0.39 is 11.7 Å². The number of benzene rings is 2. The largest absolute Gasteiger partial charge is 0.416 e. The Balaban J connectivity index is 1.55. The number of nitrogens with zero attached hydrogens (tertiary/aromatic N) is 2. The van der Waals surface area contributed by atoms with Gasteiger partial charge in [0.15, 0.2) is 0 Å². The van der Waals surface area contributed by atoms with Crippen LogP contribution in [0.5, 0.6) is 0 Å². The minimum atomic E-state index is -4.35. The Bertz CT molecular complexity index is 872. The van der Waals surface area contributed by atoms with Gasteiger partial charge in [-0.2, -0.15) is 13.2 Å². The molecular formula is C23H27F3N2OS. The zero-order chi connectivity index (χ0) is 21.1. The number of para-hydroxylation sites is 1. The maximum Gasteiger partial charge on any atom is 0.416 e. The summed E-state index contributed by atoms with van der Waals surface area (Å²) < 4.78 is 45.9. The molecule has 0 aromatic heterocycles. The molecule has 0 amide bonds. The molecule has 2 aromatic carbocycles. The molecule has 162 valence electrons. The summed E-state index contributed by atoms with van der Waals surface area (Å²) in [4.78, 5) is 6.38. The number of fused-ring (bicyclic) bond motifs is 2. The van der Waals surface area contributed by atoms with Crippen molar-refractivity contribution in [1.82, 2.24) is 4.90 Å². The molecule has 3 nitrogen and oxygen atoms in total. The first-order valence-corrected chi connectivity index (χ1v) is 11.4. The molecule has 0 aliphatic carbocycles. The highest BCUT2D eigenvalue weighted by atomic mass is 32.2. The van der Waals surface area contributed by atoms with E-state index in [4.69, 9.17) is 4.74 Å². The summed E-state index contributed by atoms with van der Waals surface area (Å²) in [6.45, 7) is 5.29. The Labute approximate surface area is 180 Å². The van der Waals surface area contributed by atoms with Gasteiger partial charge in [0.05, 0.1) is 16.9 Å². The van der Waals surface area contributed by atoms with Gasteiger partial charge in [0.1, 0.15) is 6.23 Å². The Morgan fingerprint density at radius 3 is 2.63 bits per heavy atom. The van der Waals surface area contributed by atoms with Gasteiger partial charge in [-0.1, -0.05) is 23.9 Å². The second kappa shape index (κ2) is 9.20. The van der Waals surface area contributed by atoms with Crippen LogP contribution in [0.4, 0.5) is 24.5 Å². The Morgan fingerprint density at radius 1 is 1.03 bits per heavy atom. The minimum Gasteiger partial charge on any atom is -0.363 e. The SMILES string of the molecule is CCOC1CCCCN1CCCN1c2ccccc2Sc2ccc(C(F)(F)F)cc21. The highest BCUT2D eigenvalue weighted by molar-refractivity contribution is 7.99. The van der Waals surface area contributed by atoms with E-state index in [2.05, 4.69) is 9.80 Å². The number of likely N-dealkylation sites (tertiary alicyclic amines) is 1. The number of hydrogen-bond donors (Lipinski definition) is 0. The van der Waals surface area contributed by atoms with E-state index in [-0.39, 0.29) is 6.23 Å². The van der Waals surface area contributed by atoms with Crippen molar-refractivity contribution in [3.8, 4) is 0 Å². The van der Waals surface area contributed by atoms with Crippen molar-refractivity contribution in [2.24, 2.45) is 0 Å². The summed E-state index contributed by atoms with van der Waals surface area (Å²) in [7, 11) is 0. The lowest BCUT2D eigenvalue weighted by Crippen LogP contribution is -2.42. The predicted octanol–water partition coefficient (Wildman–Crippen LogP) is 6.55. The fourth-order valence-electron chi connectivity index (χ4n) is 4.28. The van der Waals surface area contributed by atoms with Gasteiger partial charge >= 0.3 is 6.18 Å². The Hall–Kier alpha value is -1.70. The first kappa shape index (κ1) is 21.5. The van der Waals surface area contributed by atoms with Gasteiger partial charge < -0.3 is 9.64 Å². The number of halogens is 3. The van der Waals surface area contributed by atoms with Crippen molar-refractivity contribution >= 4 is 23.1 Å². The molecule has 2 heterocycles. The van der Waals surface area contributed by atoms with Crippen LogP contribution in [0.1, 0.15) is 38.2 Å². The van der Waals surface area contributed by atoms with Crippen molar-refractivity contribution < 1.29 is 17.9 Å². The lowest BCUT2D eigenvalue weighted by atomic mass is 10.1. The average molecular weight is 437 g/mol. The summed E-state index contributed by atoms with van der Waals surface area (Å²) in [5.41, 5.74) is 1.03. The molecule has 1 atom stereocenters. The third-order valence-electron chi connectivity index (χ3n) is 5.69. The van der Waals surface area contributed by atoms with Crippen molar-refractivity contribution in [3.05, 3.63) is 48.0 Å². The maximum absolute atomic E-state index is 13.3. The molecule has 7 heteroatoms. The highest BCUT2D eigenvalue weighted by Crippen LogP contribution is 2.49. The van der Waals surface area contributed by atoms with Gasteiger partial charge in [0, 0.05) is 36.0 Å². The summed E-state index contributed by atoms with van der Waals surface area (Å²) in [5, 5.41) is 0. The van der Waals surface area contributed by atoms with Crippen molar-refractivity contribution in [2.45, 2.75) is 54.8 Å². The van der Waals surface area contributed by atoms with E-state index in [0.717, 1.165) is 41.4 Å². The molecule has 0 bridgehead atoms. The van der Waals surface area contributed by atoms with Gasteiger partial charge in [0.25, 0.3) is 0 Å². The van der Waals surface area contributed by atoms with Gasteiger partial charge in [-0.05, 0) is 62.9 Å². The number of piperidine rings is 1. The van der Waals surface area contributed by atoms with E-state index in [0.29, 0.717) is 18.8 Å². The van der Waals surface area contributed by atoms with Crippen LogP contribution < -0.4 is 4.90 Å². The van der Waals surface area contributed by atoms with Crippen molar-refractivity contribution in [1.29, 1.82) is 0 Å². The van der Waals surface area contributed by atoms with E-state index in [1.54, 1.807) is 6.07 Å². The van der Waals surface area contributed by atoms with E-state index in [1.165, 1.54) is 36.7 Å². The first-order valence-electron chi connectivity index (χ1n) is 10.6. The molecule has 1 unspecified atom stereocenters. The average Bonchev–Trinajstić information content (AvgIpc) is 2.73. The van der Waals surface area contributed by atoms with Crippen LogP contribution in [-0.4, -0.2) is 37.4 Å². The zero-order valence-corrected chi connectivity index (χ0v) is 17.9. The third kappa shape index (κ3) is 4.63. The van der Waals surface area contributed by atoms with E-state index >= 15 is 0 Å². The van der Waals surface area contributed by atoms with Gasteiger partial charge in [-0.25, -0.2) is 0 Å². The fourth-order valence-corrected chi connectivity index (χ4v) is 5.35. The van der Waals surface area contributed by atoms with Crippen LogP contribution in [0.15, 0.2) is 52.3 Å². The number of hydrogen-bond acceptors (Lipinski definition) is 4. The second-order valence-electron chi connectivity index (χ2n) is 7.70. The summed E-state index contributed by atoms with van der Waals surface area (Å²) in [5.74, 6) is 0. The number of rotatable bonds is 6. The molecule has 0 radical (unpaired) electrons. The topological polar surface area (TPSA) is 15.7 Å². The standard InChI is InChI=1S/C23H27F3N2OS/c1-2-29-22-10-5-6-13-27(22)14-7-15-28-18-8-3-4-9-20(18)30-21-12-11-17(16-19(21)28)23(24,25)26/h3-4,8-9,11-12,16,22H,2,5-7,10,13-15H2,1H3. The van der Waals surface area contributed by atoms with Crippen LogP contribution in [0.2, 0.25) is 0 Å². The Morgan fingerprint density at radius 2 is 1.83 bits per heavy atom. The van der Waals surface area contributed by atoms with E-state index in [1.807, 2.05) is 31.2 Å². The predicted molar refractivity (Wildman–Crippen MR) is 114 cm³/mol. The smallest absolute Gasteiger partial charge is 0.363 e. The van der Waals surface area contributed by atoms with Crippen LogP contribution in [-0.2, 0) is 10.9 Å². The molecule has 2 aliphatic heterocycles. The van der Waals surface area contributed by atoms with Crippen molar-refractivity contribution in [3.63, 3.8) is 0 Å². The zero-order valence-electron chi connectivity index (χ0n) is 17.1. The molecule has 1 saturated heterocycles. The Kier molecular flexibility index (Phi) is 6.60. The van der Waals surface area contributed by atoms with Gasteiger partial charge in [0.2, 0.25) is 0 Å². The van der Waals surface area contributed by atoms with E-state index in [9.17, 15) is 13.2 Å². The van der Waals surface area contributed by atoms with Crippen LogP contribution in [0.3, 0.4) is 0 Å². The number of anilines is 2. The summed E-state index contributed by atoms with van der Waals surface area (Å²) in [6.07, 6.45) is 0.0845. The first-order chi connectivity index (χ1) is 14.5.